The Labute approximate surface area is 102 Å². The first-order valence-electron chi connectivity index (χ1n) is 6.40. The largest absolute Gasteiger partial charge is 0.487 e. The maximum absolute atomic E-state index is 6.28. The van der Waals surface area contributed by atoms with E-state index >= 15 is 0 Å². The van der Waals surface area contributed by atoms with Gasteiger partial charge in [-0.05, 0) is 18.9 Å². The first-order valence-corrected chi connectivity index (χ1v) is 6.40. The Kier molecular flexibility index (Phi) is 2.81. The number of ether oxygens (including phenoxy) is 2. The van der Waals surface area contributed by atoms with Crippen LogP contribution in [-0.4, -0.2) is 18.8 Å². The fourth-order valence-electron chi connectivity index (χ4n) is 2.95. The Morgan fingerprint density at radius 1 is 1.18 bits per heavy atom. The molecule has 92 valence electrons. The summed E-state index contributed by atoms with van der Waals surface area (Å²) in [5, 5.41) is 0. The summed E-state index contributed by atoms with van der Waals surface area (Å²) in [6.45, 7) is 1.64. The Balaban J connectivity index is 1.91. The van der Waals surface area contributed by atoms with Crippen molar-refractivity contribution in [2.24, 2.45) is 5.73 Å². The summed E-state index contributed by atoms with van der Waals surface area (Å²) in [4.78, 5) is 0. The van der Waals surface area contributed by atoms with Crippen molar-refractivity contribution in [2.45, 2.75) is 37.3 Å². The summed E-state index contributed by atoms with van der Waals surface area (Å²) in [6, 6.07) is 8.23. The van der Waals surface area contributed by atoms with Gasteiger partial charge in [-0.3, -0.25) is 0 Å². The van der Waals surface area contributed by atoms with Gasteiger partial charge in [-0.2, -0.15) is 0 Å². The van der Waals surface area contributed by atoms with E-state index in [0.29, 0.717) is 0 Å². The second kappa shape index (κ2) is 4.31. The van der Waals surface area contributed by atoms with E-state index in [4.69, 9.17) is 15.2 Å². The van der Waals surface area contributed by atoms with Crippen LogP contribution in [0.5, 0.6) is 5.75 Å². The van der Waals surface area contributed by atoms with E-state index < -0.39 is 0 Å². The molecule has 0 aromatic heterocycles. The predicted octanol–water partition coefficient (Wildman–Crippen LogP) is 2.41. The molecule has 17 heavy (non-hydrogen) atoms. The number of hydrogen-bond acceptors (Lipinski definition) is 3. The number of hydrogen-bond donors (Lipinski definition) is 1. The summed E-state index contributed by atoms with van der Waals surface area (Å²) in [5.74, 6) is 0.966. The lowest BCUT2D eigenvalue weighted by molar-refractivity contribution is 0.0156. The van der Waals surface area contributed by atoms with Gasteiger partial charge in [0.15, 0.2) is 0 Å². The number of fused-ring (bicyclic) bond motifs is 1. The van der Waals surface area contributed by atoms with Crippen LogP contribution in [-0.2, 0) is 4.74 Å². The maximum Gasteiger partial charge on any atom is 0.124 e. The molecule has 3 nitrogen and oxygen atoms in total. The van der Waals surface area contributed by atoms with Gasteiger partial charge in [-0.1, -0.05) is 18.2 Å². The molecule has 2 heterocycles. The van der Waals surface area contributed by atoms with Crippen LogP contribution in [0.1, 0.15) is 37.3 Å². The zero-order valence-electron chi connectivity index (χ0n) is 10.0. The highest BCUT2D eigenvalue weighted by molar-refractivity contribution is 5.38. The normalized spacial score (nSPS) is 32.6. The van der Waals surface area contributed by atoms with Gasteiger partial charge in [0, 0.05) is 31.1 Å². The molecule has 2 atom stereocenters. The van der Waals surface area contributed by atoms with Crippen LogP contribution in [0.15, 0.2) is 24.3 Å². The Morgan fingerprint density at radius 2 is 2.06 bits per heavy atom. The highest BCUT2D eigenvalue weighted by Gasteiger charge is 2.39. The number of rotatable bonds is 0. The minimum absolute atomic E-state index is 0.0930. The van der Waals surface area contributed by atoms with Crippen molar-refractivity contribution in [1.82, 2.24) is 0 Å². The van der Waals surface area contributed by atoms with Gasteiger partial charge in [0.05, 0.1) is 6.61 Å². The molecule has 0 amide bonds. The molecular formula is C14H19NO2. The van der Waals surface area contributed by atoms with Gasteiger partial charge in [-0.15, -0.1) is 0 Å². The molecule has 0 saturated carbocycles. The molecular weight excluding hydrogens is 214 g/mol. The molecule has 0 bridgehead atoms. The topological polar surface area (TPSA) is 44.5 Å². The van der Waals surface area contributed by atoms with Crippen molar-refractivity contribution in [3.05, 3.63) is 29.8 Å². The highest BCUT2D eigenvalue weighted by atomic mass is 16.5. The second-order valence-corrected chi connectivity index (χ2v) is 5.10. The first kappa shape index (κ1) is 11.1. The van der Waals surface area contributed by atoms with Gasteiger partial charge in [0.2, 0.25) is 0 Å². The molecule has 2 aliphatic rings. The minimum atomic E-state index is -0.0930. The van der Waals surface area contributed by atoms with Crippen LogP contribution in [0, 0.1) is 0 Å². The third-order valence-electron chi connectivity index (χ3n) is 3.86. The van der Waals surface area contributed by atoms with Crippen molar-refractivity contribution >= 4 is 0 Å². The fraction of sp³-hybridized carbons (Fsp3) is 0.571. The maximum atomic E-state index is 6.28. The predicted molar refractivity (Wildman–Crippen MR) is 66.0 cm³/mol. The third kappa shape index (κ3) is 2.05. The molecule has 1 fully saturated rings. The molecule has 1 unspecified atom stereocenters. The van der Waals surface area contributed by atoms with Gasteiger partial charge < -0.3 is 15.2 Å². The van der Waals surface area contributed by atoms with Crippen LogP contribution in [0.3, 0.4) is 0 Å². The smallest absolute Gasteiger partial charge is 0.124 e. The summed E-state index contributed by atoms with van der Waals surface area (Å²) in [6.07, 6.45) is 3.98. The zero-order valence-corrected chi connectivity index (χ0v) is 10.0. The van der Waals surface area contributed by atoms with E-state index in [1.165, 1.54) is 0 Å². The van der Waals surface area contributed by atoms with Crippen LogP contribution in [0.25, 0.3) is 0 Å². The quantitative estimate of drug-likeness (QED) is 0.748. The standard InChI is InChI=1S/C14H19NO2/c15-12-10-14(6-3-8-16-9-7-14)17-13-5-2-1-4-11(12)13/h1-2,4-5,12H,3,6-10,15H2/t12-,14?/m1/s1. The molecule has 1 aromatic rings. The molecule has 3 rings (SSSR count). The fourth-order valence-corrected chi connectivity index (χ4v) is 2.95. The van der Waals surface area contributed by atoms with E-state index in [1.54, 1.807) is 0 Å². The molecule has 0 radical (unpaired) electrons. The number of benzene rings is 1. The Morgan fingerprint density at radius 3 is 3.00 bits per heavy atom. The molecule has 1 saturated heterocycles. The molecule has 1 spiro atoms. The van der Waals surface area contributed by atoms with E-state index in [1.807, 2.05) is 18.2 Å². The van der Waals surface area contributed by atoms with Gasteiger partial charge >= 0.3 is 0 Å². The van der Waals surface area contributed by atoms with Crippen LogP contribution in [0.2, 0.25) is 0 Å². The van der Waals surface area contributed by atoms with Crippen LogP contribution in [0.4, 0.5) is 0 Å². The minimum Gasteiger partial charge on any atom is -0.487 e. The van der Waals surface area contributed by atoms with Crippen molar-refractivity contribution in [3.8, 4) is 5.75 Å². The average molecular weight is 233 g/mol. The third-order valence-corrected chi connectivity index (χ3v) is 3.86. The molecule has 1 aromatic carbocycles. The summed E-state index contributed by atoms with van der Waals surface area (Å²) < 4.78 is 11.8. The Hall–Kier alpha value is -1.06. The summed E-state index contributed by atoms with van der Waals surface area (Å²) in [7, 11) is 0. The van der Waals surface area contributed by atoms with Crippen LogP contribution < -0.4 is 10.5 Å². The lowest BCUT2D eigenvalue weighted by Crippen LogP contribution is -2.43. The number of nitrogens with two attached hydrogens (primary N) is 1. The second-order valence-electron chi connectivity index (χ2n) is 5.10. The molecule has 2 N–H and O–H groups in total. The van der Waals surface area contributed by atoms with Crippen molar-refractivity contribution in [1.29, 1.82) is 0 Å². The molecule has 2 aliphatic heterocycles. The van der Waals surface area contributed by atoms with Gasteiger partial charge in [-0.25, -0.2) is 0 Å². The summed E-state index contributed by atoms with van der Waals surface area (Å²) >= 11 is 0. The van der Waals surface area contributed by atoms with E-state index in [2.05, 4.69) is 6.07 Å². The van der Waals surface area contributed by atoms with Gasteiger partial charge in [0.1, 0.15) is 11.4 Å². The molecule has 3 heteroatoms. The summed E-state index contributed by atoms with van der Waals surface area (Å²) in [5.41, 5.74) is 7.33. The van der Waals surface area contributed by atoms with Crippen molar-refractivity contribution < 1.29 is 9.47 Å². The van der Waals surface area contributed by atoms with E-state index in [-0.39, 0.29) is 11.6 Å². The lowest BCUT2D eigenvalue weighted by atomic mass is 9.83. The van der Waals surface area contributed by atoms with E-state index in [9.17, 15) is 0 Å². The first-order chi connectivity index (χ1) is 8.29. The SMILES string of the molecule is N[C@@H]1CC2(CCCOCC2)Oc2ccccc21. The average Bonchev–Trinajstić information content (AvgIpc) is 2.55. The van der Waals surface area contributed by atoms with Crippen molar-refractivity contribution in [3.63, 3.8) is 0 Å². The number of para-hydroxylation sites is 1. The van der Waals surface area contributed by atoms with Gasteiger partial charge in [0.25, 0.3) is 0 Å². The Bertz CT molecular complexity index is 397. The van der Waals surface area contributed by atoms with Crippen LogP contribution >= 0.6 is 0 Å². The zero-order chi connectivity index (χ0) is 11.7. The molecule has 0 aliphatic carbocycles. The monoisotopic (exact) mass is 233 g/mol. The highest BCUT2D eigenvalue weighted by Crippen LogP contribution is 2.42. The van der Waals surface area contributed by atoms with Crippen molar-refractivity contribution in [2.75, 3.05) is 13.2 Å². The van der Waals surface area contributed by atoms with E-state index in [0.717, 1.165) is 50.2 Å². The lowest BCUT2D eigenvalue weighted by Gasteiger charge is -2.40.